The lowest BCUT2D eigenvalue weighted by Gasteiger charge is -2.22. The molecule has 124 valence electrons. The van der Waals surface area contributed by atoms with Gasteiger partial charge in [0.15, 0.2) is 5.96 Å². The molecule has 0 aliphatic carbocycles. The quantitative estimate of drug-likeness (QED) is 0.390. The number of rotatable bonds is 5. The molecule has 2 aromatic carbocycles. The molecule has 0 bridgehead atoms. The summed E-state index contributed by atoms with van der Waals surface area (Å²) < 4.78 is 5.24. The summed E-state index contributed by atoms with van der Waals surface area (Å²) >= 11 is 0. The average molecular weight is 427 g/mol. The largest absolute Gasteiger partial charge is 0.495 e. The average Bonchev–Trinajstić information content (AvgIpc) is 2.54. The number of nitrogens with zero attached hydrogens (tertiary/aromatic N) is 1. The third kappa shape index (κ3) is 5.40. The molecule has 5 nitrogen and oxygen atoms in total. The van der Waals surface area contributed by atoms with Gasteiger partial charge >= 0.3 is 0 Å². The van der Waals surface area contributed by atoms with Gasteiger partial charge in [-0.3, -0.25) is 0 Å². The highest BCUT2D eigenvalue weighted by atomic mass is 127. The number of methoxy groups -OCH3 is 1. The zero-order valence-corrected chi connectivity index (χ0v) is 15.5. The first-order valence-electron chi connectivity index (χ1n) is 7.01. The van der Waals surface area contributed by atoms with Gasteiger partial charge in [-0.1, -0.05) is 42.5 Å². The fourth-order valence-corrected chi connectivity index (χ4v) is 2.05. The topological polar surface area (TPSA) is 79.9 Å². The zero-order valence-electron chi connectivity index (χ0n) is 13.2. The fourth-order valence-electron chi connectivity index (χ4n) is 2.05. The van der Waals surface area contributed by atoms with Crippen LogP contribution >= 0.6 is 24.0 Å². The minimum Gasteiger partial charge on any atom is -0.495 e. The summed E-state index contributed by atoms with van der Waals surface area (Å²) in [5.74, 6) is 0.899. The highest BCUT2D eigenvalue weighted by Gasteiger charge is 2.22. The van der Waals surface area contributed by atoms with Crippen molar-refractivity contribution < 1.29 is 9.84 Å². The SMILES string of the molecule is COc1ccccc1NC(N)=NCC(C)(O)c1ccccc1.I. The number of para-hydroxylation sites is 2. The number of hydrogen-bond acceptors (Lipinski definition) is 3. The first-order valence-corrected chi connectivity index (χ1v) is 7.01. The van der Waals surface area contributed by atoms with Gasteiger partial charge < -0.3 is 20.9 Å². The van der Waals surface area contributed by atoms with Crippen LogP contribution in [-0.2, 0) is 5.60 Å². The Morgan fingerprint density at radius 2 is 1.78 bits per heavy atom. The van der Waals surface area contributed by atoms with Crippen molar-refractivity contribution in [2.45, 2.75) is 12.5 Å². The molecular formula is C17H22IN3O2. The van der Waals surface area contributed by atoms with Crippen LogP contribution in [0.25, 0.3) is 0 Å². The molecule has 2 rings (SSSR count). The predicted octanol–water partition coefficient (Wildman–Crippen LogP) is 2.95. The molecule has 1 unspecified atom stereocenters. The smallest absolute Gasteiger partial charge is 0.193 e. The van der Waals surface area contributed by atoms with Gasteiger partial charge in [0.25, 0.3) is 0 Å². The number of aliphatic hydroxyl groups is 1. The van der Waals surface area contributed by atoms with E-state index in [4.69, 9.17) is 10.5 Å². The molecule has 0 aliphatic heterocycles. The molecule has 0 fully saturated rings. The predicted molar refractivity (Wildman–Crippen MR) is 105 cm³/mol. The van der Waals surface area contributed by atoms with Gasteiger partial charge in [-0.25, -0.2) is 4.99 Å². The zero-order chi connectivity index (χ0) is 16.0. The maximum Gasteiger partial charge on any atom is 0.193 e. The highest BCUT2D eigenvalue weighted by molar-refractivity contribution is 14.0. The van der Waals surface area contributed by atoms with Crippen molar-refractivity contribution in [3.8, 4) is 5.75 Å². The summed E-state index contributed by atoms with van der Waals surface area (Å²) in [5, 5.41) is 13.5. The molecule has 0 saturated carbocycles. The second-order valence-electron chi connectivity index (χ2n) is 5.17. The fraction of sp³-hybridized carbons (Fsp3) is 0.235. The van der Waals surface area contributed by atoms with Gasteiger partial charge in [-0.15, -0.1) is 24.0 Å². The summed E-state index contributed by atoms with van der Waals surface area (Å²) in [6, 6.07) is 16.8. The van der Waals surface area contributed by atoms with Crippen LogP contribution < -0.4 is 15.8 Å². The van der Waals surface area contributed by atoms with E-state index in [-0.39, 0.29) is 36.5 Å². The normalized spacial score (nSPS) is 13.6. The minimum atomic E-state index is -1.08. The monoisotopic (exact) mass is 427 g/mol. The number of hydrogen-bond donors (Lipinski definition) is 3. The van der Waals surface area contributed by atoms with Crippen molar-refractivity contribution >= 4 is 35.6 Å². The Morgan fingerprint density at radius 3 is 2.43 bits per heavy atom. The Hall–Kier alpha value is -1.80. The van der Waals surface area contributed by atoms with Crippen molar-refractivity contribution in [1.82, 2.24) is 0 Å². The van der Waals surface area contributed by atoms with Crippen LogP contribution in [0.4, 0.5) is 5.69 Å². The van der Waals surface area contributed by atoms with Gasteiger partial charge in [0, 0.05) is 0 Å². The third-order valence-electron chi connectivity index (χ3n) is 3.32. The van der Waals surface area contributed by atoms with Gasteiger partial charge in [0.1, 0.15) is 11.4 Å². The standard InChI is InChI=1S/C17H21N3O2.HI/c1-17(21,13-8-4-3-5-9-13)12-19-16(18)20-14-10-6-7-11-15(14)22-2;/h3-11,21H,12H2,1-2H3,(H3,18,19,20);1H. The van der Waals surface area contributed by atoms with Crippen LogP contribution in [0.15, 0.2) is 59.6 Å². The molecule has 0 heterocycles. The number of guanidine groups is 1. The Labute approximate surface area is 153 Å². The van der Waals surface area contributed by atoms with Gasteiger partial charge in [-0.2, -0.15) is 0 Å². The van der Waals surface area contributed by atoms with Crippen LogP contribution in [0.3, 0.4) is 0 Å². The molecule has 1 atom stereocenters. The highest BCUT2D eigenvalue weighted by Crippen LogP contribution is 2.23. The first-order chi connectivity index (χ1) is 10.5. The molecule has 0 radical (unpaired) electrons. The van der Waals surface area contributed by atoms with Crippen LogP contribution in [-0.4, -0.2) is 24.7 Å². The van der Waals surface area contributed by atoms with Crippen molar-refractivity contribution in [1.29, 1.82) is 0 Å². The van der Waals surface area contributed by atoms with E-state index in [9.17, 15) is 5.11 Å². The lowest BCUT2D eigenvalue weighted by molar-refractivity contribution is 0.0674. The minimum absolute atomic E-state index is 0. The van der Waals surface area contributed by atoms with E-state index >= 15 is 0 Å². The number of nitrogens with one attached hydrogen (secondary N) is 1. The van der Waals surface area contributed by atoms with E-state index in [0.717, 1.165) is 11.3 Å². The van der Waals surface area contributed by atoms with Crippen LogP contribution in [0.5, 0.6) is 5.75 Å². The molecule has 4 N–H and O–H groups in total. The maximum atomic E-state index is 10.5. The molecule has 23 heavy (non-hydrogen) atoms. The molecule has 0 saturated heterocycles. The summed E-state index contributed by atoms with van der Waals surface area (Å²) in [6.07, 6.45) is 0. The molecule has 0 amide bonds. The third-order valence-corrected chi connectivity index (χ3v) is 3.32. The summed E-state index contributed by atoms with van der Waals surface area (Å²) in [7, 11) is 1.59. The molecule has 0 aromatic heterocycles. The summed E-state index contributed by atoms with van der Waals surface area (Å²) in [6.45, 7) is 1.87. The second kappa shape index (κ2) is 8.73. The number of aliphatic imine (C=N–C) groups is 1. The van der Waals surface area contributed by atoms with Crippen LogP contribution in [0.1, 0.15) is 12.5 Å². The summed E-state index contributed by atoms with van der Waals surface area (Å²) in [4.78, 5) is 4.22. The van der Waals surface area contributed by atoms with E-state index in [2.05, 4.69) is 10.3 Å². The maximum absolute atomic E-state index is 10.5. The van der Waals surface area contributed by atoms with Gasteiger partial charge in [-0.05, 0) is 24.6 Å². The lowest BCUT2D eigenvalue weighted by Crippen LogP contribution is -2.29. The Kier molecular flexibility index (Phi) is 7.31. The molecular weight excluding hydrogens is 405 g/mol. The van der Waals surface area contributed by atoms with E-state index < -0.39 is 5.60 Å². The Bertz CT molecular complexity index is 645. The number of benzene rings is 2. The molecule has 0 spiro atoms. The molecule has 0 aliphatic rings. The van der Waals surface area contributed by atoms with Gasteiger partial charge in [0.2, 0.25) is 0 Å². The number of ether oxygens (including phenoxy) is 1. The first kappa shape index (κ1) is 19.2. The number of anilines is 1. The molecule has 6 heteroatoms. The molecule has 2 aromatic rings. The van der Waals surface area contributed by atoms with Crippen molar-refractivity contribution in [2.24, 2.45) is 10.7 Å². The number of nitrogens with two attached hydrogens (primary N) is 1. The van der Waals surface area contributed by atoms with E-state index in [0.29, 0.717) is 5.75 Å². The Morgan fingerprint density at radius 1 is 1.17 bits per heavy atom. The van der Waals surface area contributed by atoms with E-state index in [1.807, 2.05) is 54.6 Å². The number of halogens is 1. The van der Waals surface area contributed by atoms with Crippen molar-refractivity contribution in [2.75, 3.05) is 19.0 Å². The lowest BCUT2D eigenvalue weighted by atomic mass is 9.96. The van der Waals surface area contributed by atoms with Crippen LogP contribution in [0.2, 0.25) is 0 Å². The van der Waals surface area contributed by atoms with Crippen molar-refractivity contribution in [3.05, 3.63) is 60.2 Å². The van der Waals surface area contributed by atoms with E-state index in [1.54, 1.807) is 14.0 Å². The van der Waals surface area contributed by atoms with Crippen molar-refractivity contribution in [3.63, 3.8) is 0 Å². The second-order valence-corrected chi connectivity index (χ2v) is 5.17. The van der Waals surface area contributed by atoms with E-state index in [1.165, 1.54) is 0 Å². The summed E-state index contributed by atoms with van der Waals surface area (Å²) in [5.41, 5.74) is 6.33. The van der Waals surface area contributed by atoms with Gasteiger partial charge in [0.05, 0.1) is 19.3 Å². The Balaban J connectivity index is 0.00000264. The van der Waals surface area contributed by atoms with Crippen LogP contribution in [0, 0.1) is 0 Å².